The highest BCUT2D eigenvalue weighted by atomic mass is 16.5. The average molecular weight is 458 g/mol. The van der Waals surface area contributed by atoms with Crippen molar-refractivity contribution in [2.75, 3.05) is 18.6 Å². The maximum absolute atomic E-state index is 13.7. The van der Waals surface area contributed by atoms with Crippen LogP contribution in [0.3, 0.4) is 0 Å². The summed E-state index contributed by atoms with van der Waals surface area (Å²) in [6.45, 7) is 2.09. The van der Waals surface area contributed by atoms with Gasteiger partial charge in [-0.15, -0.1) is 0 Å². The van der Waals surface area contributed by atoms with Gasteiger partial charge in [0.2, 0.25) is 5.91 Å². The number of anilines is 1. The molecular weight excluding hydrogens is 430 g/mol. The second-order valence-corrected chi connectivity index (χ2v) is 8.43. The molecule has 7 heteroatoms. The first-order valence-electron chi connectivity index (χ1n) is 11.4. The minimum Gasteiger partial charge on any atom is -0.497 e. The second-order valence-electron chi connectivity index (χ2n) is 8.43. The van der Waals surface area contributed by atoms with Gasteiger partial charge in [-0.05, 0) is 54.4 Å². The van der Waals surface area contributed by atoms with Crippen molar-refractivity contribution in [2.45, 2.75) is 25.0 Å². The molecule has 0 bridgehead atoms. The number of benzene rings is 3. The van der Waals surface area contributed by atoms with Crippen LogP contribution in [0.1, 0.15) is 40.5 Å². The van der Waals surface area contributed by atoms with Gasteiger partial charge in [-0.2, -0.15) is 0 Å². The highest BCUT2D eigenvalue weighted by Crippen LogP contribution is 2.49. The fraction of sp³-hybridized carbons (Fsp3) is 0.259. The van der Waals surface area contributed by atoms with E-state index in [-0.39, 0.29) is 35.9 Å². The number of nitrogens with zero attached hydrogens (tertiary/aromatic N) is 1. The molecule has 3 aromatic rings. The highest BCUT2D eigenvalue weighted by Gasteiger charge is 2.55. The summed E-state index contributed by atoms with van der Waals surface area (Å²) in [6, 6.07) is 24.4. The van der Waals surface area contributed by atoms with E-state index in [9.17, 15) is 9.59 Å². The molecule has 0 radical (unpaired) electrons. The molecule has 5 rings (SSSR count). The number of rotatable bonds is 6. The topological polar surface area (TPSA) is 79.9 Å². The van der Waals surface area contributed by atoms with E-state index in [0.717, 1.165) is 22.6 Å². The molecule has 2 fully saturated rings. The van der Waals surface area contributed by atoms with E-state index in [1.54, 1.807) is 26.2 Å². The zero-order valence-electron chi connectivity index (χ0n) is 19.1. The zero-order chi connectivity index (χ0) is 23.7. The number of ether oxygens (including phenoxy) is 2. The second kappa shape index (κ2) is 9.29. The summed E-state index contributed by atoms with van der Waals surface area (Å²) in [4.78, 5) is 27.7. The number of fused-ring (bicyclic) bond motifs is 1. The van der Waals surface area contributed by atoms with Gasteiger partial charge >= 0.3 is 5.97 Å². The Morgan fingerprint density at radius 1 is 0.882 bits per heavy atom. The molecule has 2 saturated heterocycles. The first kappa shape index (κ1) is 22.1. The van der Waals surface area contributed by atoms with E-state index in [0.29, 0.717) is 12.2 Å². The summed E-state index contributed by atoms with van der Waals surface area (Å²) in [7, 11) is 1.64. The van der Waals surface area contributed by atoms with E-state index in [1.165, 1.54) is 0 Å². The number of esters is 1. The van der Waals surface area contributed by atoms with Gasteiger partial charge in [0.05, 0.1) is 31.4 Å². The number of amides is 1. The molecular formula is C27H27N3O4. The number of methoxy groups -OCH3 is 1. The maximum Gasteiger partial charge on any atom is 0.338 e. The van der Waals surface area contributed by atoms with Crippen LogP contribution in [-0.2, 0) is 9.53 Å². The molecule has 0 aliphatic carbocycles. The first-order chi connectivity index (χ1) is 16.6. The van der Waals surface area contributed by atoms with Crippen LogP contribution in [0.5, 0.6) is 5.75 Å². The lowest BCUT2D eigenvalue weighted by Crippen LogP contribution is -2.41. The fourth-order valence-corrected chi connectivity index (χ4v) is 5.01. The molecule has 2 heterocycles. The van der Waals surface area contributed by atoms with Crippen LogP contribution >= 0.6 is 0 Å². The summed E-state index contributed by atoms with van der Waals surface area (Å²) >= 11 is 0. The van der Waals surface area contributed by atoms with Crippen molar-refractivity contribution in [3.8, 4) is 5.75 Å². The Balaban J connectivity index is 1.56. The Hall–Kier alpha value is -3.68. The van der Waals surface area contributed by atoms with Crippen LogP contribution in [0, 0.1) is 5.92 Å². The zero-order valence-corrected chi connectivity index (χ0v) is 19.1. The molecule has 2 aliphatic rings. The van der Waals surface area contributed by atoms with Gasteiger partial charge in [0, 0.05) is 11.6 Å². The maximum atomic E-state index is 13.7. The quantitative estimate of drug-likeness (QED) is 0.549. The molecule has 4 atom stereocenters. The van der Waals surface area contributed by atoms with Crippen molar-refractivity contribution < 1.29 is 19.1 Å². The van der Waals surface area contributed by atoms with Crippen LogP contribution in [0.15, 0.2) is 78.9 Å². The van der Waals surface area contributed by atoms with E-state index < -0.39 is 0 Å². The van der Waals surface area contributed by atoms with Gasteiger partial charge in [-0.3, -0.25) is 4.79 Å². The van der Waals surface area contributed by atoms with Crippen LogP contribution < -0.4 is 20.5 Å². The van der Waals surface area contributed by atoms with E-state index in [2.05, 4.69) is 23.0 Å². The summed E-state index contributed by atoms with van der Waals surface area (Å²) < 4.78 is 10.4. The van der Waals surface area contributed by atoms with Crippen molar-refractivity contribution in [3.05, 3.63) is 95.6 Å². The minimum atomic E-state index is -0.387. The number of hydrogen-bond donors (Lipinski definition) is 2. The number of nitrogens with one attached hydrogen (secondary N) is 2. The number of carbonyl (C=O) groups excluding carboxylic acids is 2. The number of carbonyl (C=O) groups is 2. The molecule has 0 spiro atoms. The van der Waals surface area contributed by atoms with Gasteiger partial charge in [0.25, 0.3) is 0 Å². The van der Waals surface area contributed by atoms with E-state index in [4.69, 9.17) is 9.47 Å². The van der Waals surface area contributed by atoms with E-state index >= 15 is 0 Å². The predicted octanol–water partition coefficient (Wildman–Crippen LogP) is 3.79. The Kier molecular flexibility index (Phi) is 6.04. The predicted molar refractivity (Wildman–Crippen MR) is 128 cm³/mol. The summed E-state index contributed by atoms with van der Waals surface area (Å²) in [5.74, 6) is 0.325. The molecule has 0 aromatic heterocycles. The number of hydrogen-bond acceptors (Lipinski definition) is 6. The largest absolute Gasteiger partial charge is 0.497 e. The third-order valence-corrected chi connectivity index (χ3v) is 6.58. The normalized spacial score (nSPS) is 23.6. The van der Waals surface area contributed by atoms with Crippen molar-refractivity contribution in [2.24, 2.45) is 5.92 Å². The molecule has 4 unspecified atom stereocenters. The molecule has 174 valence electrons. The molecule has 34 heavy (non-hydrogen) atoms. The summed E-state index contributed by atoms with van der Waals surface area (Å²) in [5.41, 5.74) is 9.93. The summed E-state index contributed by atoms with van der Waals surface area (Å²) in [5, 5.41) is 0. The molecule has 2 N–H and O–H groups in total. The number of hydrazine groups is 1. The van der Waals surface area contributed by atoms with Crippen LogP contribution in [0.4, 0.5) is 5.69 Å². The van der Waals surface area contributed by atoms with Crippen molar-refractivity contribution in [1.29, 1.82) is 0 Å². The Morgan fingerprint density at radius 3 is 2.21 bits per heavy atom. The van der Waals surface area contributed by atoms with Gasteiger partial charge in [-0.1, -0.05) is 42.5 Å². The Morgan fingerprint density at radius 2 is 1.56 bits per heavy atom. The van der Waals surface area contributed by atoms with E-state index in [1.807, 2.05) is 59.5 Å². The minimum absolute atomic E-state index is 0.0133. The van der Waals surface area contributed by atoms with Crippen molar-refractivity contribution >= 4 is 17.6 Å². The van der Waals surface area contributed by atoms with Crippen molar-refractivity contribution in [3.63, 3.8) is 0 Å². The van der Waals surface area contributed by atoms with Gasteiger partial charge in [0.15, 0.2) is 0 Å². The smallest absolute Gasteiger partial charge is 0.338 e. The first-order valence-corrected chi connectivity index (χ1v) is 11.4. The third-order valence-electron chi connectivity index (χ3n) is 6.58. The summed E-state index contributed by atoms with van der Waals surface area (Å²) in [6.07, 6.45) is 0. The fourth-order valence-electron chi connectivity index (χ4n) is 5.01. The van der Waals surface area contributed by atoms with Gasteiger partial charge < -0.3 is 14.4 Å². The lowest BCUT2D eigenvalue weighted by molar-refractivity contribution is -0.119. The lowest BCUT2D eigenvalue weighted by atomic mass is 9.83. The molecule has 1 amide bonds. The van der Waals surface area contributed by atoms with Crippen molar-refractivity contribution in [1.82, 2.24) is 10.9 Å². The monoisotopic (exact) mass is 457 g/mol. The molecule has 7 nitrogen and oxygen atoms in total. The van der Waals surface area contributed by atoms with Gasteiger partial charge in [-0.25, -0.2) is 15.6 Å². The molecule has 0 saturated carbocycles. The third kappa shape index (κ3) is 3.83. The lowest BCUT2D eigenvalue weighted by Gasteiger charge is -2.31. The SMILES string of the molecule is CCOC(=O)c1ccc(N2C(=O)C3NNC(c4ccccc4)C3C2c2ccc(OC)cc2)cc1. The molecule has 2 aliphatic heterocycles. The Labute approximate surface area is 198 Å². The standard InChI is InChI=1S/C27H27N3O4/c1-3-34-27(32)19-9-13-20(14-10-19)30-25(18-11-15-21(33-2)16-12-18)22-23(17-7-5-4-6-8-17)28-29-24(22)26(30)31/h4-16,22-25,28-29H,3H2,1-2H3. The van der Waals surface area contributed by atoms with Crippen LogP contribution in [0.25, 0.3) is 0 Å². The van der Waals surface area contributed by atoms with Crippen LogP contribution in [-0.4, -0.2) is 31.6 Å². The molecule has 3 aromatic carbocycles. The van der Waals surface area contributed by atoms with Gasteiger partial charge in [0.1, 0.15) is 11.8 Å². The highest BCUT2D eigenvalue weighted by molar-refractivity contribution is 6.02. The Bertz CT molecular complexity index is 1160. The van der Waals surface area contributed by atoms with Crippen LogP contribution in [0.2, 0.25) is 0 Å². The average Bonchev–Trinajstić information content (AvgIpc) is 3.44.